The maximum atomic E-state index is 13.1. The van der Waals surface area contributed by atoms with Gasteiger partial charge in [0.1, 0.15) is 23.0 Å². The minimum Gasteiger partial charge on any atom is -0.497 e. The zero-order valence-electron chi connectivity index (χ0n) is 15.6. The number of aromatic amines is 1. The Morgan fingerprint density at radius 3 is 2.67 bits per heavy atom. The Labute approximate surface area is 157 Å². The number of rotatable bonds is 4. The summed E-state index contributed by atoms with van der Waals surface area (Å²) in [6.45, 7) is 2.51. The highest BCUT2D eigenvalue weighted by atomic mass is 16.5. The summed E-state index contributed by atoms with van der Waals surface area (Å²) in [6, 6.07) is 13.4. The van der Waals surface area contributed by atoms with Gasteiger partial charge in [-0.1, -0.05) is 12.1 Å². The predicted octanol–water partition coefficient (Wildman–Crippen LogP) is 3.61. The van der Waals surface area contributed by atoms with E-state index < -0.39 is 0 Å². The molecule has 1 aliphatic rings. The molecule has 0 saturated carbocycles. The van der Waals surface area contributed by atoms with Gasteiger partial charge >= 0.3 is 0 Å². The van der Waals surface area contributed by atoms with E-state index in [2.05, 4.69) is 9.97 Å². The van der Waals surface area contributed by atoms with Gasteiger partial charge in [-0.05, 0) is 49.2 Å². The lowest BCUT2D eigenvalue weighted by atomic mass is 10.1. The Balaban J connectivity index is 1.65. The van der Waals surface area contributed by atoms with Crippen LogP contribution in [0.3, 0.4) is 0 Å². The minimum absolute atomic E-state index is 0.0955. The van der Waals surface area contributed by atoms with E-state index >= 15 is 0 Å². The van der Waals surface area contributed by atoms with Crippen LogP contribution in [0.15, 0.2) is 42.5 Å². The second-order valence-corrected chi connectivity index (χ2v) is 6.49. The van der Waals surface area contributed by atoms with Crippen molar-refractivity contribution in [3.63, 3.8) is 0 Å². The molecule has 3 aromatic rings. The summed E-state index contributed by atoms with van der Waals surface area (Å²) in [6.07, 6.45) is 0.810. The van der Waals surface area contributed by atoms with E-state index in [1.807, 2.05) is 49.4 Å². The van der Waals surface area contributed by atoms with Crippen LogP contribution in [0.5, 0.6) is 11.5 Å². The number of carbonyl (C=O) groups excluding carboxylic acids is 1. The summed E-state index contributed by atoms with van der Waals surface area (Å²) < 4.78 is 10.6. The second kappa shape index (κ2) is 6.79. The van der Waals surface area contributed by atoms with Crippen molar-refractivity contribution in [3.05, 3.63) is 59.4 Å². The van der Waals surface area contributed by atoms with Crippen molar-refractivity contribution < 1.29 is 14.3 Å². The van der Waals surface area contributed by atoms with Crippen LogP contribution in [0.1, 0.15) is 21.7 Å². The Hall–Kier alpha value is -3.28. The second-order valence-electron chi connectivity index (χ2n) is 6.49. The normalized spacial score (nSPS) is 12.8. The zero-order chi connectivity index (χ0) is 19.0. The number of hydrogen-bond acceptors (Lipinski definition) is 4. The van der Waals surface area contributed by atoms with Gasteiger partial charge < -0.3 is 19.4 Å². The number of methoxy groups -OCH3 is 2. The Bertz CT molecular complexity index is 1010. The highest BCUT2D eigenvalue weighted by Crippen LogP contribution is 2.33. The molecule has 0 atom stereocenters. The van der Waals surface area contributed by atoms with Crippen molar-refractivity contribution in [2.75, 3.05) is 25.7 Å². The number of nitrogens with zero attached hydrogens (tertiary/aromatic N) is 2. The smallest absolute Gasteiger partial charge is 0.278 e. The van der Waals surface area contributed by atoms with Gasteiger partial charge in [-0.3, -0.25) is 4.79 Å². The summed E-state index contributed by atoms with van der Waals surface area (Å²) in [5.74, 6) is 2.11. The average molecular weight is 363 g/mol. The number of H-pyrrole nitrogens is 1. The third-order valence-electron chi connectivity index (χ3n) is 4.86. The molecule has 1 amide bonds. The number of aromatic nitrogens is 2. The quantitative estimate of drug-likeness (QED) is 0.769. The summed E-state index contributed by atoms with van der Waals surface area (Å²) in [4.78, 5) is 22.7. The molecule has 6 nitrogen and oxygen atoms in total. The molecule has 1 N–H and O–H groups in total. The molecule has 6 heteroatoms. The molecule has 0 fully saturated rings. The first-order chi connectivity index (χ1) is 13.1. The van der Waals surface area contributed by atoms with Gasteiger partial charge in [0.05, 0.1) is 14.2 Å². The number of benzene rings is 2. The van der Waals surface area contributed by atoms with Crippen molar-refractivity contribution >= 4 is 11.6 Å². The first-order valence-corrected chi connectivity index (χ1v) is 8.80. The molecule has 2 aromatic carbocycles. The molecular weight excluding hydrogens is 342 g/mol. The molecule has 0 saturated heterocycles. The lowest BCUT2D eigenvalue weighted by molar-refractivity contribution is 0.0984. The number of fused-ring (bicyclic) bond motifs is 1. The van der Waals surface area contributed by atoms with E-state index in [-0.39, 0.29) is 5.91 Å². The summed E-state index contributed by atoms with van der Waals surface area (Å²) in [7, 11) is 3.27. The number of amides is 1. The van der Waals surface area contributed by atoms with Crippen molar-refractivity contribution in [1.29, 1.82) is 0 Å². The predicted molar refractivity (Wildman–Crippen MR) is 104 cm³/mol. The number of hydrogen-bond donors (Lipinski definition) is 1. The van der Waals surface area contributed by atoms with Crippen LogP contribution in [0.4, 0.5) is 5.69 Å². The van der Waals surface area contributed by atoms with E-state index in [4.69, 9.17) is 9.47 Å². The van der Waals surface area contributed by atoms with E-state index in [9.17, 15) is 4.79 Å². The first kappa shape index (κ1) is 17.1. The van der Waals surface area contributed by atoms with Crippen LogP contribution in [0, 0.1) is 6.92 Å². The van der Waals surface area contributed by atoms with Gasteiger partial charge in [0.25, 0.3) is 5.91 Å². The fourth-order valence-electron chi connectivity index (χ4n) is 3.42. The van der Waals surface area contributed by atoms with E-state index in [0.29, 0.717) is 18.1 Å². The van der Waals surface area contributed by atoms with Crippen LogP contribution >= 0.6 is 0 Å². The van der Waals surface area contributed by atoms with Crippen LogP contribution in [0.25, 0.3) is 11.4 Å². The average Bonchev–Trinajstić information content (AvgIpc) is 3.30. The topological polar surface area (TPSA) is 67.4 Å². The molecule has 1 aromatic heterocycles. The number of nitrogens with one attached hydrogen (secondary N) is 1. The van der Waals surface area contributed by atoms with Crippen LogP contribution < -0.4 is 14.4 Å². The summed E-state index contributed by atoms with van der Waals surface area (Å²) >= 11 is 0. The van der Waals surface area contributed by atoms with Crippen molar-refractivity contribution in [2.24, 2.45) is 0 Å². The van der Waals surface area contributed by atoms with E-state index in [0.717, 1.165) is 40.4 Å². The molecule has 1 aliphatic heterocycles. The Morgan fingerprint density at radius 1 is 1.11 bits per heavy atom. The van der Waals surface area contributed by atoms with E-state index in [1.165, 1.54) is 0 Å². The van der Waals surface area contributed by atoms with Crippen molar-refractivity contribution in [3.8, 4) is 22.9 Å². The molecule has 0 aliphatic carbocycles. The van der Waals surface area contributed by atoms with Gasteiger partial charge in [-0.2, -0.15) is 0 Å². The Kier molecular flexibility index (Phi) is 4.32. The third kappa shape index (κ3) is 3.03. The fraction of sp³-hybridized carbons (Fsp3) is 0.238. The largest absolute Gasteiger partial charge is 0.497 e. The Morgan fingerprint density at radius 2 is 1.89 bits per heavy atom. The standard InChI is InChI=1S/C21H21N3O3/c1-13-19(23-20(22-13)15-5-4-6-16(12-15)26-2)21(25)24-10-9-14-11-17(27-3)7-8-18(14)24/h4-8,11-12H,9-10H2,1-3H3,(H,22,23). The summed E-state index contributed by atoms with van der Waals surface area (Å²) in [5.41, 5.74) is 4.11. The van der Waals surface area contributed by atoms with Crippen LogP contribution in [-0.4, -0.2) is 36.6 Å². The molecular formula is C21H21N3O3. The van der Waals surface area contributed by atoms with Gasteiger partial charge in [0, 0.05) is 23.5 Å². The number of carbonyl (C=O) groups is 1. The maximum absolute atomic E-state index is 13.1. The number of imidazole rings is 1. The molecule has 0 spiro atoms. The lowest BCUT2D eigenvalue weighted by Gasteiger charge is -2.16. The van der Waals surface area contributed by atoms with Crippen LogP contribution in [-0.2, 0) is 6.42 Å². The van der Waals surface area contributed by atoms with Gasteiger partial charge in [-0.15, -0.1) is 0 Å². The van der Waals surface area contributed by atoms with Crippen molar-refractivity contribution in [2.45, 2.75) is 13.3 Å². The molecule has 4 rings (SSSR count). The number of aryl methyl sites for hydroxylation is 1. The first-order valence-electron chi connectivity index (χ1n) is 8.80. The zero-order valence-corrected chi connectivity index (χ0v) is 15.6. The van der Waals surface area contributed by atoms with Crippen LogP contribution in [0.2, 0.25) is 0 Å². The van der Waals surface area contributed by atoms with Gasteiger partial charge in [-0.25, -0.2) is 4.98 Å². The van der Waals surface area contributed by atoms with Crippen molar-refractivity contribution in [1.82, 2.24) is 9.97 Å². The molecule has 2 heterocycles. The monoisotopic (exact) mass is 363 g/mol. The minimum atomic E-state index is -0.0955. The molecule has 0 bridgehead atoms. The molecule has 0 radical (unpaired) electrons. The summed E-state index contributed by atoms with van der Waals surface area (Å²) in [5, 5.41) is 0. The third-order valence-corrected chi connectivity index (χ3v) is 4.86. The number of anilines is 1. The fourth-order valence-corrected chi connectivity index (χ4v) is 3.42. The maximum Gasteiger partial charge on any atom is 0.278 e. The number of ether oxygens (including phenoxy) is 2. The molecule has 138 valence electrons. The van der Waals surface area contributed by atoms with Gasteiger partial charge in [0.15, 0.2) is 0 Å². The highest BCUT2D eigenvalue weighted by molar-refractivity contribution is 6.07. The molecule has 27 heavy (non-hydrogen) atoms. The SMILES string of the molecule is COc1cccc(-c2nc(C(=O)N3CCc4cc(OC)ccc43)c(C)[nH]2)c1. The van der Waals surface area contributed by atoms with Gasteiger partial charge in [0.2, 0.25) is 0 Å². The molecule has 0 unspecified atom stereocenters. The lowest BCUT2D eigenvalue weighted by Crippen LogP contribution is -2.29. The van der Waals surface area contributed by atoms with E-state index in [1.54, 1.807) is 19.1 Å². The highest BCUT2D eigenvalue weighted by Gasteiger charge is 2.28.